The molecule has 0 spiro atoms. The van der Waals surface area contributed by atoms with Gasteiger partial charge in [-0.3, -0.25) is 5.01 Å². The molecule has 0 aliphatic heterocycles. The molecule has 44 heavy (non-hydrogen) atoms. The molecule has 0 N–H and O–H groups in total. The quantitative estimate of drug-likeness (QED) is 0.0659. The van der Waals surface area contributed by atoms with Crippen molar-refractivity contribution in [1.29, 1.82) is 0 Å². The van der Waals surface area contributed by atoms with E-state index < -0.39 is 0 Å². The smallest absolute Gasteiger partial charge is 0.653 e. The van der Waals surface area contributed by atoms with Crippen molar-refractivity contribution in [2.24, 2.45) is 11.0 Å². The zero-order chi connectivity index (χ0) is 30.1. The van der Waals surface area contributed by atoms with Gasteiger partial charge in [0.15, 0.2) is 0 Å². The Hall–Kier alpha value is -1.48. The van der Waals surface area contributed by atoms with Crippen LogP contribution in [0.4, 0.5) is 5.69 Å². The molecule has 5 heteroatoms. The SMILES string of the molecule is [CH2-]C(C)CC.[Na+].c1ccc(CN(/N=C(\C[N-]CP(C2CCCCC2)C2CCCCC2)c2ccccc2)c2ccccc2)cc1. The first-order valence-corrected chi connectivity index (χ1v) is 18.5. The minimum atomic E-state index is -0.0357. The minimum absolute atomic E-state index is 0. The molecule has 0 saturated heterocycles. The third-order valence-corrected chi connectivity index (χ3v) is 12.3. The summed E-state index contributed by atoms with van der Waals surface area (Å²) in [5.74, 6) is 0.634. The Balaban J connectivity index is 0.000000817. The zero-order valence-electron chi connectivity index (χ0n) is 27.8. The number of anilines is 1. The Kier molecular flexibility index (Phi) is 17.9. The van der Waals surface area contributed by atoms with Gasteiger partial charge in [0, 0.05) is 5.71 Å². The maximum absolute atomic E-state index is 5.32. The fraction of sp³-hybridized carbons (Fsp3) is 0.487. The van der Waals surface area contributed by atoms with Crippen LogP contribution in [0.3, 0.4) is 0 Å². The fourth-order valence-electron chi connectivity index (χ4n) is 6.12. The second-order valence-corrected chi connectivity index (χ2v) is 15.2. The van der Waals surface area contributed by atoms with Crippen LogP contribution in [0.2, 0.25) is 0 Å². The van der Waals surface area contributed by atoms with Crippen molar-refractivity contribution in [1.82, 2.24) is 0 Å². The molecule has 3 aromatic rings. The second-order valence-electron chi connectivity index (χ2n) is 12.4. The summed E-state index contributed by atoms with van der Waals surface area (Å²) in [5, 5.41) is 12.8. The molecule has 3 nitrogen and oxygen atoms in total. The van der Waals surface area contributed by atoms with Crippen LogP contribution in [0.15, 0.2) is 96.1 Å². The van der Waals surface area contributed by atoms with Crippen LogP contribution in [0.1, 0.15) is 95.6 Å². The van der Waals surface area contributed by atoms with Crippen LogP contribution in [0, 0.1) is 12.8 Å². The summed E-state index contributed by atoms with van der Waals surface area (Å²) in [6, 6.07) is 31.9. The first kappa shape index (κ1) is 37.0. The molecule has 2 aliphatic carbocycles. The van der Waals surface area contributed by atoms with Gasteiger partial charge in [0.25, 0.3) is 0 Å². The minimum Gasteiger partial charge on any atom is -0.653 e. The Morgan fingerprint density at radius 1 is 0.795 bits per heavy atom. The van der Waals surface area contributed by atoms with E-state index >= 15 is 0 Å². The molecule has 1 atom stereocenters. The van der Waals surface area contributed by atoms with Gasteiger partial charge in [-0.1, -0.05) is 138 Å². The largest absolute Gasteiger partial charge is 1.00 e. The van der Waals surface area contributed by atoms with Crippen molar-refractivity contribution in [2.45, 2.75) is 102 Å². The maximum Gasteiger partial charge on any atom is 1.00 e. The van der Waals surface area contributed by atoms with E-state index in [2.05, 4.69) is 117 Å². The molecule has 1 unspecified atom stereocenters. The van der Waals surface area contributed by atoms with Gasteiger partial charge in [-0.15, -0.1) is 20.8 Å². The molecule has 0 amide bonds. The van der Waals surface area contributed by atoms with Gasteiger partial charge >= 0.3 is 29.6 Å². The summed E-state index contributed by atoms with van der Waals surface area (Å²) < 4.78 is 0. The average Bonchev–Trinajstić information content (AvgIpc) is 3.08. The third kappa shape index (κ3) is 12.7. The molecule has 2 fully saturated rings. The molecule has 0 radical (unpaired) electrons. The number of hydrogen-bond acceptors (Lipinski definition) is 2. The Labute approximate surface area is 292 Å². The molecule has 2 saturated carbocycles. The first-order valence-electron chi connectivity index (χ1n) is 16.9. The van der Waals surface area contributed by atoms with Gasteiger partial charge in [-0.25, -0.2) is 0 Å². The predicted molar refractivity (Wildman–Crippen MR) is 191 cm³/mol. The Morgan fingerprint density at radius 3 is 1.77 bits per heavy atom. The first-order chi connectivity index (χ1) is 21.1. The number of hydrogen-bond donors (Lipinski definition) is 0. The Bertz CT molecular complexity index is 1140. The molecule has 5 rings (SSSR count). The second kappa shape index (κ2) is 21.3. The number of hydrazone groups is 1. The average molecular weight is 619 g/mol. The number of para-hydroxylation sites is 1. The van der Waals surface area contributed by atoms with Crippen LogP contribution in [-0.4, -0.2) is 29.9 Å². The molecule has 3 aromatic carbocycles. The van der Waals surface area contributed by atoms with Gasteiger partial charge in [0.2, 0.25) is 0 Å². The normalized spacial score (nSPS) is 16.9. The van der Waals surface area contributed by atoms with E-state index in [0.717, 1.165) is 35.5 Å². The molecule has 0 bridgehead atoms. The van der Waals surface area contributed by atoms with Gasteiger partial charge < -0.3 is 12.2 Å². The van der Waals surface area contributed by atoms with Crippen molar-refractivity contribution < 1.29 is 29.6 Å². The van der Waals surface area contributed by atoms with Gasteiger partial charge in [0.1, 0.15) is 0 Å². The van der Waals surface area contributed by atoms with E-state index in [9.17, 15) is 0 Å². The zero-order valence-corrected chi connectivity index (χ0v) is 30.7. The number of benzene rings is 3. The summed E-state index contributed by atoms with van der Waals surface area (Å²) >= 11 is 0. The van der Waals surface area contributed by atoms with E-state index in [4.69, 9.17) is 10.4 Å². The summed E-state index contributed by atoms with van der Waals surface area (Å²) in [6.45, 7) is 9.42. The van der Waals surface area contributed by atoms with Gasteiger partial charge in [0.05, 0.1) is 12.2 Å². The van der Waals surface area contributed by atoms with E-state index in [1.165, 1.54) is 81.8 Å². The van der Waals surface area contributed by atoms with E-state index in [1.807, 2.05) is 0 Å². The van der Waals surface area contributed by atoms with Crippen LogP contribution in [0.25, 0.3) is 5.32 Å². The fourth-order valence-corrected chi connectivity index (χ4v) is 9.57. The van der Waals surface area contributed by atoms with Crippen molar-refractivity contribution >= 4 is 19.3 Å². The predicted octanol–water partition coefficient (Wildman–Crippen LogP) is 8.45. The molecule has 2 aliphatic rings. The summed E-state index contributed by atoms with van der Waals surface area (Å²) in [7, 11) is -0.0357. The van der Waals surface area contributed by atoms with E-state index in [0.29, 0.717) is 12.5 Å². The van der Waals surface area contributed by atoms with Crippen molar-refractivity contribution in [3.05, 3.63) is 114 Å². The van der Waals surface area contributed by atoms with Crippen LogP contribution in [0.5, 0.6) is 0 Å². The topological polar surface area (TPSA) is 29.7 Å². The van der Waals surface area contributed by atoms with Crippen LogP contribution < -0.4 is 34.6 Å². The molecule has 0 aromatic heterocycles. The third-order valence-electron chi connectivity index (χ3n) is 8.89. The summed E-state index contributed by atoms with van der Waals surface area (Å²) in [4.78, 5) is 0. The van der Waals surface area contributed by atoms with Crippen molar-refractivity contribution in [2.75, 3.05) is 17.8 Å². The van der Waals surface area contributed by atoms with Gasteiger partial charge in [-0.05, 0) is 60.3 Å². The summed E-state index contributed by atoms with van der Waals surface area (Å²) in [6.07, 6.45) is 16.6. The Morgan fingerprint density at radius 2 is 1.27 bits per heavy atom. The maximum atomic E-state index is 5.32. The van der Waals surface area contributed by atoms with Gasteiger partial charge in [-0.2, -0.15) is 11.0 Å². The number of nitrogens with zero attached hydrogens (tertiary/aromatic N) is 3. The van der Waals surface area contributed by atoms with E-state index in [-0.39, 0.29) is 37.5 Å². The van der Waals surface area contributed by atoms with Crippen LogP contribution >= 0.6 is 7.92 Å². The summed E-state index contributed by atoms with van der Waals surface area (Å²) in [5.41, 5.74) is 6.46. The molecule has 0 heterocycles. The monoisotopic (exact) mass is 618 g/mol. The van der Waals surface area contributed by atoms with Crippen molar-refractivity contribution in [3.63, 3.8) is 0 Å². The number of rotatable bonds is 12. The molecular formula is C39H54N3NaP-. The standard InChI is InChI=1S/C34H43N3P.C5H11.Na/c1-6-16-29(17-7-1)27-37(31-20-10-3-11-21-31)36-34(30-18-8-2-9-19-30)26-35-28-38(32-22-12-4-13-23-32)33-24-14-5-15-25-33;1-4-5(2)3;/h1-3,6-11,16-21,32-33H,4-5,12-15,22-28H2;5H,2,4H2,1,3H3;/q2*-1;+1/b36-34+;;. The van der Waals surface area contributed by atoms with Crippen LogP contribution in [-0.2, 0) is 6.54 Å². The molecular weight excluding hydrogens is 564 g/mol. The van der Waals surface area contributed by atoms with Crippen molar-refractivity contribution in [3.8, 4) is 0 Å². The molecule has 232 valence electrons. The van der Waals surface area contributed by atoms with E-state index in [1.54, 1.807) is 0 Å².